The Morgan fingerprint density at radius 1 is 1.42 bits per heavy atom. The topological polar surface area (TPSA) is 91.1 Å². The first-order chi connectivity index (χ1) is 9.22. The number of carboxylic acids is 1. The number of carbonyl (C=O) groups is 1. The van der Waals surface area contributed by atoms with Crippen LogP contribution in [-0.2, 0) is 6.54 Å². The quantitative estimate of drug-likeness (QED) is 0.667. The normalized spacial score (nSPS) is 10.7. The maximum atomic E-state index is 10.7. The van der Waals surface area contributed by atoms with Gasteiger partial charge in [0.25, 0.3) is 0 Å². The Labute approximate surface area is 108 Å². The number of furan rings is 1. The van der Waals surface area contributed by atoms with Crippen LogP contribution in [0.1, 0.15) is 16.1 Å². The number of carboxylic acid groups (broad SMARTS) is 1. The number of hydrogen-bond donors (Lipinski definition) is 3. The van der Waals surface area contributed by atoms with E-state index in [0.29, 0.717) is 12.3 Å². The molecule has 0 bridgehead atoms. The Morgan fingerprint density at radius 2 is 2.32 bits per heavy atom. The number of aromatic nitrogens is 2. The predicted molar refractivity (Wildman–Crippen MR) is 69.1 cm³/mol. The summed E-state index contributed by atoms with van der Waals surface area (Å²) < 4.78 is 5.16. The molecule has 19 heavy (non-hydrogen) atoms. The summed E-state index contributed by atoms with van der Waals surface area (Å²) in [5, 5.41) is 19.8. The summed E-state index contributed by atoms with van der Waals surface area (Å²) in [4.78, 5) is 10.7. The van der Waals surface area contributed by atoms with Crippen LogP contribution in [0.3, 0.4) is 0 Å². The molecule has 3 N–H and O–H groups in total. The number of nitrogens with one attached hydrogen (secondary N) is 2. The fraction of sp³-hybridized carbons (Fsp3) is 0.0769. The molecule has 6 nitrogen and oxygen atoms in total. The first kappa shape index (κ1) is 11.3. The second-order valence-electron chi connectivity index (χ2n) is 4.13. The minimum absolute atomic E-state index is 0.155. The molecule has 3 aromatic rings. The lowest BCUT2D eigenvalue weighted by molar-refractivity contribution is 0.0696. The molecule has 0 saturated heterocycles. The summed E-state index contributed by atoms with van der Waals surface area (Å²) in [6.07, 6.45) is 2.98. The zero-order chi connectivity index (χ0) is 13.2. The Morgan fingerprint density at radius 3 is 3.11 bits per heavy atom. The van der Waals surface area contributed by atoms with Crippen LogP contribution in [0.15, 0.2) is 41.1 Å². The Hall–Kier alpha value is -2.76. The summed E-state index contributed by atoms with van der Waals surface area (Å²) in [7, 11) is 0. The summed E-state index contributed by atoms with van der Waals surface area (Å²) in [5.74, 6) is -0.417. The van der Waals surface area contributed by atoms with Gasteiger partial charge in [0.2, 0.25) is 0 Å². The zero-order valence-corrected chi connectivity index (χ0v) is 9.88. The predicted octanol–water partition coefficient (Wildman–Crippen LogP) is 2.47. The Balaban J connectivity index is 1.72. The number of fused-ring (bicyclic) bond motifs is 1. The van der Waals surface area contributed by atoms with E-state index in [9.17, 15) is 4.79 Å². The Kier molecular flexibility index (Phi) is 2.68. The molecule has 96 valence electrons. The van der Waals surface area contributed by atoms with Crippen LogP contribution in [0.2, 0.25) is 0 Å². The first-order valence-electron chi connectivity index (χ1n) is 5.70. The van der Waals surface area contributed by atoms with E-state index in [1.807, 2.05) is 18.2 Å². The van der Waals surface area contributed by atoms with Crippen molar-refractivity contribution in [2.75, 3.05) is 5.32 Å². The van der Waals surface area contributed by atoms with Crippen molar-refractivity contribution >= 4 is 22.6 Å². The van der Waals surface area contributed by atoms with Crippen molar-refractivity contribution in [3.63, 3.8) is 0 Å². The first-order valence-corrected chi connectivity index (χ1v) is 5.70. The molecule has 0 aliphatic carbocycles. The number of aromatic amines is 1. The molecule has 0 fully saturated rings. The minimum Gasteiger partial charge on any atom is -0.478 e. The molecule has 6 heteroatoms. The van der Waals surface area contributed by atoms with Crippen molar-refractivity contribution in [3.8, 4) is 0 Å². The van der Waals surface area contributed by atoms with Gasteiger partial charge < -0.3 is 14.8 Å². The van der Waals surface area contributed by atoms with Gasteiger partial charge in [0.1, 0.15) is 12.0 Å². The lowest BCUT2D eigenvalue weighted by Crippen LogP contribution is -1.98. The number of nitrogens with zero attached hydrogens (tertiary/aromatic N) is 1. The van der Waals surface area contributed by atoms with Crippen molar-refractivity contribution in [2.24, 2.45) is 0 Å². The third-order valence-electron chi connectivity index (χ3n) is 2.81. The molecule has 0 aliphatic rings. The largest absolute Gasteiger partial charge is 0.478 e. The monoisotopic (exact) mass is 257 g/mol. The van der Waals surface area contributed by atoms with Crippen LogP contribution in [0.25, 0.3) is 10.9 Å². The van der Waals surface area contributed by atoms with Gasteiger partial charge in [-0.25, -0.2) is 4.79 Å². The van der Waals surface area contributed by atoms with Gasteiger partial charge in [-0.2, -0.15) is 5.10 Å². The van der Waals surface area contributed by atoms with Crippen LogP contribution in [-0.4, -0.2) is 21.3 Å². The van der Waals surface area contributed by atoms with E-state index in [1.165, 1.54) is 12.3 Å². The van der Waals surface area contributed by atoms with Crippen molar-refractivity contribution < 1.29 is 14.3 Å². The molecule has 0 radical (unpaired) electrons. The SMILES string of the molecule is O=C(O)c1coc(CNc2ccc3[nH]ncc3c2)c1. The molecule has 0 amide bonds. The third kappa shape index (κ3) is 2.28. The van der Waals surface area contributed by atoms with Gasteiger partial charge in [0.05, 0.1) is 23.8 Å². The maximum Gasteiger partial charge on any atom is 0.338 e. The molecular formula is C13H11N3O3. The molecular weight excluding hydrogens is 246 g/mol. The molecule has 2 aromatic heterocycles. The lowest BCUT2D eigenvalue weighted by atomic mass is 10.2. The number of anilines is 1. The van der Waals surface area contributed by atoms with Gasteiger partial charge in [-0.1, -0.05) is 0 Å². The number of hydrogen-bond acceptors (Lipinski definition) is 4. The second-order valence-corrected chi connectivity index (χ2v) is 4.13. The van der Waals surface area contributed by atoms with Crippen LogP contribution >= 0.6 is 0 Å². The van der Waals surface area contributed by atoms with Gasteiger partial charge in [0.15, 0.2) is 0 Å². The molecule has 1 aromatic carbocycles. The number of H-pyrrole nitrogens is 1. The van der Waals surface area contributed by atoms with Crippen molar-refractivity contribution in [3.05, 3.63) is 48.0 Å². The van der Waals surface area contributed by atoms with Crippen LogP contribution in [0, 0.1) is 0 Å². The summed E-state index contributed by atoms with van der Waals surface area (Å²) in [6, 6.07) is 7.31. The van der Waals surface area contributed by atoms with Crippen molar-refractivity contribution in [2.45, 2.75) is 6.54 Å². The van der Waals surface area contributed by atoms with Crippen molar-refractivity contribution in [1.82, 2.24) is 10.2 Å². The van der Waals surface area contributed by atoms with Gasteiger partial charge >= 0.3 is 5.97 Å². The standard InChI is InChI=1S/C13H11N3O3/c17-13(18)9-4-11(19-7-9)6-14-10-1-2-12-8(3-10)5-15-16-12/h1-5,7,14H,6H2,(H,15,16)(H,17,18). The van der Waals surface area contributed by atoms with Crippen molar-refractivity contribution in [1.29, 1.82) is 0 Å². The average Bonchev–Trinajstić information content (AvgIpc) is 3.04. The molecule has 2 heterocycles. The molecule has 0 aliphatic heterocycles. The van der Waals surface area contributed by atoms with E-state index < -0.39 is 5.97 Å². The zero-order valence-electron chi connectivity index (χ0n) is 9.88. The number of rotatable bonds is 4. The van der Waals surface area contributed by atoms with Gasteiger partial charge in [-0.3, -0.25) is 5.10 Å². The highest BCUT2D eigenvalue weighted by Gasteiger charge is 2.07. The van der Waals surface area contributed by atoms with E-state index in [-0.39, 0.29) is 5.56 Å². The molecule has 0 spiro atoms. The Bertz CT molecular complexity index is 729. The smallest absolute Gasteiger partial charge is 0.338 e. The summed E-state index contributed by atoms with van der Waals surface area (Å²) in [5.41, 5.74) is 2.04. The fourth-order valence-corrected chi connectivity index (χ4v) is 1.83. The van der Waals surface area contributed by atoms with Crippen LogP contribution in [0.4, 0.5) is 5.69 Å². The number of aromatic carboxylic acids is 1. The van der Waals surface area contributed by atoms with E-state index in [2.05, 4.69) is 15.5 Å². The van der Waals surface area contributed by atoms with E-state index in [1.54, 1.807) is 6.20 Å². The van der Waals surface area contributed by atoms with Crippen LogP contribution in [0.5, 0.6) is 0 Å². The molecule has 3 rings (SSSR count). The highest BCUT2D eigenvalue weighted by molar-refractivity contribution is 5.87. The highest BCUT2D eigenvalue weighted by Crippen LogP contribution is 2.18. The third-order valence-corrected chi connectivity index (χ3v) is 2.81. The minimum atomic E-state index is -0.991. The van der Waals surface area contributed by atoms with Crippen LogP contribution < -0.4 is 5.32 Å². The number of benzene rings is 1. The maximum absolute atomic E-state index is 10.7. The van der Waals surface area contributed by atoms with E-state index in [4.69, 9.17) is 9.52 Å². The fourth-order valence-electron chi connectivity index (χ4n) is 1.83. The molecule has 0 atom stereocenters. The van der Waals surface area contributed by atoms with E-state index >= 15 is 0 Å². The molecule has 0 saturated carbocycles. The van der Waals surface area contributed by atoms with Gasteiger partial charge in [-0.15, -0.1) is 0 Å². The molecule has 0 unspecified atom stereocenters. The van der Waals surface area contributed by atoms with Gasteiger partial charge in [0, 0.05) is 11.1 Å². The highest BCUT2D eigenvalue weighted by atomic mass is 16.4. The summed E-state index contributed by atoms with van der Waals surface area (Å²) >= 11 is 0. The second kappa shape index (κ2) is 4.49. The summed E-state index contributed by atoms with van der Waals surface area (Å²) in [6.45, 7) is 0.427. The van der Waals surface area contributed by atoms with E-state index in [0.717, 1.165) is 16.6 Å². The average molecular weight is 257 g/mol. The lowest BCUT2D eigenvalue weighted by Gasteiger charge is -2.03. The van der Waals surface area contributed by atoms with Gasteiger partial charge in [-0.05, 0) is 24.3 Å².